The van der Waals surface area contributed by atoms with Crippen LogP contribution in [-0.2, 0) is 16.1 Å². The lowest BCUT2D eigenvalue weighted by Crippen LogP contribution is -2.54. The van der Waals surface area contributed by atoms with Crippen molar-refractivity contribution >= 4 is 23.6 Å². The highest BCUT2D eigenvalue weighted by atomic mass is 16.2. The van der Waals surface area contributed by atoms with Crippen molar-refractivity contribution in [3.8, 4) is 0 Å². The summed E-state index contributed by atoms with van der Waals surface area (Å²) in [7, 11) is 0. The molecule has 3 fully saturated rings. The third-order valence-electron chi connectivity index (χ3n) is 7.78. The highest BCUT2D eigenvalue weighted by Gasteiger charge is 2.44. The summed E-state index contributed by atoms with van der Waals surface area (Å²) in [4.78, 5) is 58.2. The molecule has 0 bridgehead atoms. The van der Waals surface area contributed by atoms with Crippen LogP contribution < -0.4 is 10.6 Å². The van der Waals surface area contributed by atoms with Gasteiger partial charge in [-0.25, -0.2) is 0 Å². The summed E-state index contributed by atoms with van der Waals surface area (Å²) in [6.45, 7) is 11.6. The number of nitrogens with zero attached hydrogens (tertiary/aromatic N) is 4. The number of benzene rings is 1. The number of unbranched alkanes of at least 4 members (excludes halogenated alkanes) is 1. The van der Waals surface area contributed by atoms with Gasteiger partial charge in [-0.05, 0) is 50.0 Å². The molecule has 5 rings (SSSR count). The summed E-state index contributed by atoms with van der Waals surface area (Å²) >= 11 is 0. The number of nitrogens with one attached hydrogen (secondary N) is 2. The lowest BCUT2D eigenvalue weighted by molar-refractivity contribution is -0.136. The van der Waals surface area contributed by atoms with E-state index in [0.717, 1.165) is 75.9 Å². The molecule has 0 saturated carbocycles. The Labute approximate surface area is 211 Å². The molecule has 194 valence electrons. The number of piperazine rings is 2. The van der Waals surface area contributed by atoms with E-state index in [0.29, 0.717) is 11.1 Å². The summed E-state index contributed by atoms with van der Waals surface area (Å²) in [5.74, 6) is -1.85. The Balaban J connectivity index is 1.09. The molecule has 2 N–H and O–H groups in total. The molecule has 3 saturated heterocycles. The van der Waals surface area contributed by atoms with Gasteiger partial charge in [0.25, 0.3) is 11.8 Å². The molecular formula is C26H36N6O4. The minimum absolute atomic E-state index is 0.122. The van der Waals surface area contributed by atoms with Crippen LogP contribution in [0.2, 0.25) is 0 Å². The normalized spacial score (nSPS) is 24.3. The minimum atomic E-state index is -0.927. The minimum Gasteiger partial charge on any atom is -0.314 e. The lowest BCUT2D eigenvalue weighted by atomic mass is 10.0. The number of rotatable bonds is 8. The number of imide groups is 2. The summed E-state index contributed by atoms with van der Waals surface area (Å²) in [5, 5.41) is 5.63. The van der Waals surface area contributed by atoms with E-state index in [2.05, 4.69) is 25.3 Å². The fraction of sp³-hybridized carbons (Fsp3) is 0.615. The van der Waals surface area contributed by atoms with Crippen molar-refractivity contribution in [2.24, 2.45) is 0 Å². The van der Waals surface area contributed by atoms with E-state index in [-0.39, 0.29) is 18.7 Å². The van der Waals surface area contributed by atoms with E-state index >= 15 is 0 Å². The first-order chi connectivity index (χ1) is 17.5. The summed E-state index contributed by atoms with van der Waals surface area (Å²) < 4.78 is 0. The van der Waals surface area contributed by atoms with Crippen molar-refractivity contribution in [1.82, 2.24) is 30.2 Å². The SMILES string of the molecule is O=C1CCC(N2C(=O)c3ccc(CN4CCN(CCCCN5CCNCC5)CC4)cc3C2=O)C(=O)N1. The molecule has 0 aliphatic carbocycles. The van der Waals surface area contributed by atoms with E-state index < -0.39 is 23.8 Å². The first-order valence-electron chi connectivity index (χ1n) is 13.2. The largest absolute Gasteiger partial charge is 0.314 e. The Kier molecular flexibility index (Phi) is 7.76. The van der Waals surface area contributed by atoms with Crippen molar-refractivity contribution < 1.29 is 19.2 Å². The molecule has 0 spiro atoms. The van der Waals surface area contributed by atoms with Crippen LogP contribution in [-0.4, -0.2) is 115 Å². The van der Waals surface area contributed by atoms with Gasteiger partial charge in [0, 0.05) is 65.3 Å². The second-order valence-corrected chi connectivity index (χ2v) is 10.2. The van der Waals surface area contributed by atoms with Crippen LogP contribution in [0.15, 0.2) is 18.2 Å². The molecule has 1 aromatic rings. The Hall–Kier alpha value is -2.66. The second-order valence-electron chi connectivity index (χ2n) is 10.2. The number of hydrogen-bond donors (Lipinski definition) is 2. The number of carbonyl (C=O) groups is 4. The Morgan fingerprint density at radius 1 is 0.778 bits per heavy atom. The van der Waals surface area contributed by atoms with Crippen molar-refractivity contribution in [3.05, 3.63) is 34.9 Å². The number of piperidine rings is 1. The number of fused-ring (bicyclic) bond motifs is 1. The molecule has 10 heteroatoms. The van der Waals surface area contributed by atoms with Gasteiger partial charge in [-0.15, -0.1) is 0 Å². The van der Waals surface area contributed by atoms with Gasteiger partial charge >= 0.3 is 0 Å². The first-order valence-corrected chi connectivity index (χ1v) is 13.2. The van der Waals surface area contributed by atoms with E-state index in [1.165, 1.54) is 19.4 Å². The van der Waals surface area contributed by atoms with Crippen LogP contribution in [0.3, 0.4) is 0 Å². The standard InChI is InChI=1S/C26H36N6O4/c33-23-6-5-22(24(34)28-23)32-25(35)20-4-3-19(17-21(20)26(32)36)18-31-15-13-30(14-16-31)10-2-1-9-29-11-7-27-8-12-29/h3-4,17,22,27H,1-2,5-16,18H2,(H,28,33,34). The first kappa shape index (κ1) is 25.0. The number of carbonyl (C=O) groups excluding carboxylic acids is 4. The zero-order valence-electron chi connectivity index (χ0n) is 20.8. The third-order valence-corrected chi connectivity index (χ3v) is 7.78. The molecule has 1 unspecified atom stereocenters. The molecule has 0 radical (unpaired) electrons. The monoisotopic (exact) mass is 496 g/mol. The molecule has 0 aromatic heterocycles. The molecule has 1 atom stereocenters. The topological polar surface area (TPSA) is 105 Å². The highest BCUT2D eigenvalue weighted by molar-refractivity contribution is 6.23. The van der Waals surface area contributed by atoms with E-state index in [4.69, 9.17) is 0 Å². The fourth-order valence-corrected chi connectivity index (χ4v) is 5.65. The maximum atomic E-state index is 13.1. The third kappa shape index (κ3) is 5.51. The second kappa shape index (κ2) is 11.2. The lowest BCUT2D eigenvalue weighted by Gasteiger charge is -2.35. The summed E-state index contributed by atoms with van der Waals surface area (Å²) in [5.41, 5.74) is 1.67. The van der Waals surface area contributed by atoms with Crippen LogP contribution in [0.1, 0.15) is 52.0 Å². The average Bonchev–Trinajstić information content (AvgIpc) is 3.13. The molecule has 1 aromatic carbocycles. The van der Waals surface area contributed by atoms with E-state index in [1.54, 1.807) is 12.1 Å². The van der Waals surface area contributed by atoms with Gasteiger partial charge < -0.3 is 15.1 Å². The smallest absolute Gasteiger partial charge is 0.262 e. The van der Waals surface area contributed by atoms with Crippen LogP contribution in [0.25, 0.3) is 0 Å². The van der Waals surface area contributed by atoms with Gasteiger partial charge in [-0.3, -0.25) is 34.3 Å². The average molecular weight is 497 g/mol. The predicted molar refractivity (Wildman–Crippen MR) is 133 cm³/mol. The van der Waals surface area contributed by atoms with Crippen molar-refractivity contribution in [2.45, 2.75) is 38.3 Å². The van der Waals surface area contributed by atoms with Crippen LogP contribution in [0.5, 0.6) is 0 Å². The van der Waals surface area contributed by atoms with Gasteiger partial charge in [-0.2, -0.15) is 0 Å². The molecule has 4 aliphatic heterocycles. The predicted octanol–water partition coefficient (Wildman–Crippen LogP) is -0.109. The molecular weight excluding hydrogens is 460 g/mol. The fourth-order valence-electron chi connectivity index (χ4n) is 5.65. The number of amides is 4. The maximum absolute atomic E-state index is 13.1. The Bertz CT molecular complexity index is 1020. The summed E-state index contributed by atoms with van der Waals surface area (Å²) in [6.07, 6.45) is 2.77. The quantitative estimate of drug-likeness (QED) is 0.380. The summed E-state index contributed by atoms with van der Waals surface area (Å²) in [6, 6.07) is 4.47. The van der Waals surface area contributed by atoms with Crippen LogP contribution in [0, 0.1) is 0 Å². The highest BCUT2D eigenvalue weighted by Crippen LogP contribution is 2.28. The Morgan fingerprint density at radius 2 is 1.42 bits per heavy atom. The van der Waals surface area contributed by atoms with Gasteiger partial charge in [0.1, 0.15) is 6.04 Å². The number of hydrogen-bond acceptors (Lipinski definition) is 8. The van der Waals surface area contributed by atoms with Crippen molar-refractivity contribution in [2.75, 3.05) is 65.4 Å². The molecule has 36 heavy (non-hydrogen) atoms. The molecule has 4 amide bonds. The van der Waals surface area contributed by atoms with Crippen molar-refractivity contribution in [1.29, 1.82) is 0 Å². The van der Waals surface area contributed by atoms with Gasteiger partial charge in [0.05, 0.1) is 11.1 Å². The zero-order valence-corrected chi connectivity index (χ0v) is 20.8. The molecule has 4 aliphatic rings. The van der Waals surface area contributed by atoms with Gasteiger partial charge in [0.15, 0.2) is 0 Å². The molecule has 4 heterocycles. The van der Waals surface area contributed by atoms with E-state index in [9.17, 15) is 19.2 Å². The maximum Gasteiger partial charge on any atom is 0.262 e. The van der Waals surface area contributed by atoms with Crippen molar-refractivity contribution in [3.63, 3.8) is 0 Å². The van der Waals surface area contributed by atoms with Crippen LogP contribution in [0.4, 0.5) is 0 Å². The van der Waals surface area contributed by atoms with E-state index in [1.807, 2.05) is 6.07 Å². The molecule has 10 nitrogen and oxygen atoms in total. The van der Waals surface area contributed by atoms with Gasteiger partial charge in [0.2, 0.25) is 11.8 Å². The Morgan fingerprint density at radius 3 is 2.11 bits per heavy atom. The zero-order chi connectivity index (χ0) is 25.1. The van der Waals surface area contributed by atoms with Crippen LogP contribution >= 0.6 is 0 Å². The van der Waals surface area contributed by atoms with Gasteiger partial charge in [-0.1, -0.05) is 6.07 Å².